The number of nitrogens with zero attached hydrogens (tertiary/aromatic N) is 1. The van der Waals surface area contributed by atoms with Gasteiger partial charge in [0.25, 0.3) is 0 Å². The molecule has 134 valence electrons. The van der Waals surface area contributed by atoms with Gasteiger partial charge < -0.3 is 14.5 Å². The maximum atomic E-state index is 12.4. The number of para-hydroxylation sites is 1. The number of fused-ring (bicyclic) bond motifs is 1. The van der Waals surface area contributed by atoms with Gasteiger partial charge in [-0.05, 0) is 25.1 Å². The lowest BCUT2D eigenvalue weighted by molar-refractivity contribution is -0.119. The monoisotopic (exact) mass is 355 g/mol. The van der Waals surface area contributed by atoms with Crippen LogP contribution in [0, 0.1) is 0 Å². The third-order valence-electron chi connectivity index (χ3n) is 3.73. The highest BCUT2D eigenvalue weighted by Crippen LogP contribution is 2.18. The van der Waals surface area contributed by atoms with Crippen LogP contribution in [0.1, 0.15) is 40.7 Å². The molecule has 3 aromatic rings. The second-order valence-electron chi connectivity index (χ2n) is 5.71. The highest BCUT2D eigenvalue weighted by molar-refractivity contribution is 6.04. The van der Waals surface area contributed by atoms with E-state index in [2.05, 4.69) is 15.5 Å². The second-order valence-corrected chi connectivity index (χ2v) is 5.71. The van der Waals surface area contributed by atoms with Crippen LogP contribution in [0.2, 0.25) is 0 Å². The van der Waals surface area contributed by atoms with E-state index < -0.39 is 17.9 Å². The Hall–Kier alpha value is -3.42. The van der Waals surface area contributed by atoms with Gasteiger partial charge in [-0.1, -0.05) is 18.2 Å². The highest BCUT2D eigenvalue weighted by Gasteiger charge is 2.25. The van der Waals surface area contributed by atoms with Crippen LogP contribution in [0.4, 0.5) is 0 Å². The Morgan fingerprint density at radius 3 is 2.77 bits per heavy atom. The summed E-state index contributed by atoms with van der Waals surface area (Å²) in [7, 11) is 0. The van der Waals surface area contributed by atoms with Gasteiger partial charge in [0.15, 0.2) is 17.6 Å². The van der Waals surface area contributed by atoms with Crippen molar-refractivity contribution in [3.8, 4) is 0 Å². The Bertz CT molecular complexity index is 972. The average Bonchev–Trinajstić information content (AvgIpc) is 3.26. The van der Waals surface area contributed by atoms with Crippen molar-refractivity contribution in [1.29, 1.82) is 0 Å². The normalized spacial score (nSPS) is 11.9. The molecule has 1 atom stereocenters. The zero-order valence-electron chi connectivity index (χ0n) is 14.2. The smallest absolute Gasteiger partial charge is 0.360 e. The van der Waals surface area contributed by atoms with Crippen molar-refractivity contribution in [2.24, 2.45) is 0 Å². The number of ketones is 1. The van der Waals surface area contributed by atoms with Gasteiger partial charge in [0.2, 0.25) is 11.7 Å². The molecule has 0 saturated heterocycles. The predicted molar refractivity (Wildman–Crippen MR) is 91.5 cm³/mol. The molecule has 0 aliphatic heterocycles. The third kappa shape index (κ3) is 3.64. The van der Waals surface area contributed by atoms with Gasteiger partial charge in [-0.15, -0.1) is 0 Å². The van der Waals surface area contributed by atoms with Crippen LogP contribution in [-0.4, -0.2) is 34.0 Å². The molecule has 2 heterocycles. The average molecular weight is 355 g/mol. The quantitative estimate of drug-likeness (QED) is 0.518. The van der Waals surface area contributed by atoms with Gasteiger partial charge in [0.05, 0.1) is 12.1 Å². The minimum absolute atomic E-state index is 0.0533. The van der Waals surface area contributed by atoms with Crippen molar-refractivity contribution in [3.63, 3.8) is 0 Å². The number of carbonyl (C=O) groups excluding carboxylic acids is 3. The van der Waals surface area contributed by atoms with Crippen molar-refractivity contribution in [2.75, 3.05) is 0 Å². The summed E-state index contributed by atoms with van der Waals surface area (Å²) in [6.07, 6.45) is -1.04. The number of aromatic nitrogens is 2. The van der Waals surface area contributed by atoms with Crippen molar-refractivity contribution in [3.05, 3.63) is 53.6 Å². The number of furan rings is 1. The van der Waals surface area contributed by atoms with Crippen LogP contribution in [0.25, 0.3) is 10.9 Å². The number of amides is 1. The van der Waals surface area contributed by atoms with Gasteiger partial charge in [-0.2, -0.15) is 5.10 Å². The third-order valence-corrected chi connectivity index (χ3v) is 3.73. The van der Waals surface area contributed by atoms with Gasteiger partial charge >= 0.3 is 5.97 Å². The molecule has 26 heavy (non-hydrogen) atoms. The lowest BCUT2D eigenvalue weighted by Crippen LogP contribution is -2.24. The Balaban J connectivity index is 1.67. The van der Waals surface area contributed by atoms with Gasteiger partial charge in [0, 0.05) is 12.3 Å². The molecule has 0 aliphatic carbocycles. The molecule has 0 unspecified atom stereocenters. The molecule has 0 bridgehead atoms. The molecule has 0 fully saturated rings. The predicted octanol–water partition coefficient (Wildman–Crippen LogP) is 2.22. The fourth-order valence-electron chi connectivity index (χ4n) is 2.41. The summed E-state index contributed by atoms with van der Waals surface area (Å²) in [5.74, 6) is -0.902. The summed E-state index contributed by atoms with van der Waals surface area (Å²) < 4.78 is 10.6. The fraction of sp³-hybridized carbons (Fsp3) is 0.222. The van der Waals surface area contributed by atoms with E-state index in [0.717, 1.165) is 0 Å². The maximum Gasteiger partial charge on any atom is 0.360 e. The molecule has 0 aliphatic rings. The van der Waals surface area contributed by atoms with E-state index in [1.54, 1.807) is 24.3 Å². The highest BCUT2D eigenvalue weighted by atomic mass is 16.5. The number of H-pyrrole nitrogens is 1. The van der Waals surface area contributed by atoms with E-state index in [9.17, 15) is 14.4 Å². The van der Waals surface area contributed by atoms with Crippen LogP contribution >= 0.6 is 0 Å². The second kappa shape index (κ2) is 7.22. The molecule has 2 N–H and O–H groups in total. The zero-order chi connectivity index (χ0) is 18.7. The van der Waals surface area contributed by atoms with E-state index in [-0.39, 0.29) is 23.9 Å². The number of rotatable bonds is 6. The van der Waals surface area contributed by atoms with E-state index in [1.165, 1.54) is 19.9 Å². The van der Waals surface area contributed by atoms with E-state index in [0.29, 0.717) is 16.7 Å². The first-order valence-electron chi connectivity index (χ1n) is 7.97. The summed E-state index contributed by atoms with van der Waals surface area (Å²) in [4.78, 5) is 35.6. The van der Waals surface area contributed by atoms with Crippen molar-refractivity contribution in [2.45, 2.75) is 26.5 Å². The topological polar surface area (TPSA) is 114 Å². The molecule has 8 nitrogen and oxygen atoms in total. The summed E-state index contributed by atoms with van der Waals surface area (Å²) in [5, 5.41) is 9.88. The van der Waals surface area contributed by atoms with E-state index in [1.807, 2.05) is 6.07 Å². The standard InChI is InChI=1S/C18H17N3O5/c1-10(17(23)15-8-7-12(26-15)9-19-11(2)22)25-18(24)16-13-5-3-4-6-14(13)20-21-16/h3-8,10H,9H2,1-2H3,(H,19,22)(H,20,21)/t10-/m1/s1. The molecular formula is C18H17N3O5. The van der Waals surface area contributed by atoms with E-state index >= 15 is 0 Å². The lowest BCUT2D eigenvalue weighted by Gasteiger charge is -2.10. The van der Waals surface area contributed by atoms with Crippen molar-refractivity contribution >= 4 is 28.6 Å². The first-order chi connectivity index (χ1) is 12.5. The fourth-order valence-corrected chi connectivity index (χ4v) is 2.41. The molecule has 3 rings (SSSR count). The number of hydrogen-bond acceptors (Lipinski definition) is 6. The van der Waals surface area contributed by atoms with E-state index in [4.69, 9.17) is 9.15 Å². The number of aromatic amines is 1. The number of benzene rings is 1. The number of hydrogen-bond donors (Lipinski definition) is 2. The summed E-state index contributed by atoms with van der Waals surface area (Å²) in [6.45, 7) is 3.02. The first-order valence-corrected chi connectivity index (χ1v) is 7.97. The lowest BCUT2D eigenvalue weighted by atomic mass is 10.2. The summed E-state index contributed by atoms with van der Waals surface area (Å²) in [5.41, 5.74) is 0.818. The Morgan fingerprint density at radius 2 is 2.00 bits per heavy atom. The number of nitrogens with one attached hydrogen (secondary N) is 2. The summed E-state index contributed by atoms with van der Waals surface area (Å²) >= 11 is 0. The molecule has 1 aromatic carbocycles. The zero-order valence-corrected chi connectivity index (χ0v) is 14.2. The number of ether oxygens (including phenoxy) is 1. The SMILES string of the molecule is CC(=O)NCc1ccc(C(=O)[C@@H](C)OC(=O)c2n[nH]c3ccccc23)o1. The molecule has 8 heteroatoms. The maximum absolute atomic E-state index is 12.4. The molecule has 2 aromatic heterocycles. The molecule has 0 spiro atoms. The Morgan fingerprint density at radius 1 is 1.23 bits per heavy atom. The van der Waals surface area contributed by atoms with Crippen LogP contribution in [0.15, 0.2) is 40.8 Å². The number of carbonyl (C=O) groups is 3. The van der Waals surface area contributed by atoms with Crippen molar-refractivity contribution < 1.29 is 23.5 Å². The number of Topliss-reactive ketones (excluding diaryl/α,β-unsaturated/α-hetero) is 1. The number of esters is 1. The molecular weight excluding hydrogens is 338 g/mol. The summed E-state index contributed by atoms with van der Waals surface area (Å²) in [6, 6.07) is 10.2. The Labute approximate surface area is 148 Å². The minimum atomic E-state index is -1.04. The van der Waals surface area contributed by atoms with Gasteiger partial charge in [0.1, 0.15) is 5.76 Å². The van der Waals surface area contributed by atoms with Gasteiger partial charge in [-0.3, -0.25) is 14.7 Å². The van der Waals surface area contributed by atoms with Crippen LogP contribution < -0.4 is 5.32 Å². The molecule has 0 radical (unpaired) electrons. The van der Waals surface area contributed by atoms with Crippen LogP contribution in [0.3, 0.4) is 0 Å². The van der Waals surface area contributed by atoms with Crippen LogP contribution in [0.5, 0.6) is 0 Å². The largest absolute Gasteiger partial charge is 0.456 e. The first kappa shape index (κ1) is 17.4. The van der Waals surface area contributed by atoms with Gasteiger partial charge in [-0.25, -0.2) is 4.79 Å². The molecule has 1 amide bonds. The minimum Gasteiger partial charge on any atom is -0.456 e. The van der Waals surface area contributed by atoms with Crippen LogP contribution in [-0.2, 0) is 16.1 Å². The molecule has 0 saturated carbocycles. The Kier molecular flexibility index (Phi) is 4.83. The van der Waals surface area contributed by atoms with Crippen molar-refractivity contribution in [1.82, 2.24) is 15.5 Å².